The topological polar surface area (TPSA) is 131 Å². The van der Waals surface area contributed by atoms with E-state index in [1.54, 1.807) is 0 Å². The van der Waals surface area contributed by atoms with Crippen molar-refractivity contribution in [2.24, 2.45) is 0 Å². The van der Waals surface area contributed by atoms with Crippen molar-refractivity contribution in [2.45, 2.75) is 55.7 Å². The predicted molar refractivity (Wildman–Crippen MR) is 65.3 cm³/mol. The molecule has 7 heteroatoms. The standard InChI is InChI=1S/C12H24O7/c13-4-2-1-3-8(15)5-12(18)10(6-14)19-7-9(16)11(12)17/h8-11,13-18H,1-7H2/t8?,9-,10+,11+,12-/m0/s1. The van der Waals surface area contributed by atoms with Crippen LogP contribution in [0.1, 0.15) is 25.7 Å². The molecular weight excluding hydrogens is 256 g/mol. The average Bonchev–Trinajstić information content (AvgIpc) is 2.37. The molecule has 6 N–H and O–H groups in total. The van der Waals surface area contributed by atoms with E-state index in [9.17, 15) is 20.4 Å². The molecular formula is C12H24O7. The van der Waals surface area contributed by atoms with E-state index in [-0.39, 0.29) is 19.6 Å². The first kappa shape index (κ1) is 16.8. The summed E-state index contributed by atoms with van der Waals surface area (Å²) in [5.41, 5.74) is -1.88. The Balaban J connectivity index is 2.62. The van der Waals surface area contributed by atoms with Crippen molar-refractivity contribution in [1.82, 2.24) is 0 Å². The van der Waals surface area contributed by atoms with E-state index in [1.165, 1.54) is 0 Å². The van der Waals surface area contributed by atoms with Gasteiger partial charge >= 0.3 is 0 Å². The second kappa shape index (κ2) is 7.49. The lowest BCUT2D eigenvalue weighted by Crippen LogP contribution is -2.64. The minimum atomic E-state index is -1.88. The third-order valence-electron chi connectivity index (χ3n) is 3.58. The summed E-state index contributed by atoms with van der Waals surface area (Å²) >= 11 is 0. The Morgan fingerprint density at radius 1 is 1.21 bits per heavy atom. The van der Waals surface area contributed by atoms with Crippen LogP contribution in [0.2, 0.25) is 0 Å². The van der Waals surface area contributed by atoms with Gasteiger partial charge in [0.25, 0.3) is 0 Å². The van der Waals surface area contributed by atoms with E-state index in [0.29, 0.717) is 19.3 Å². The van der Waals surface area contributed by atoms with Crippen LogP contribution in [-0.2, 0) is 4.74 Å². The summed E-state index contributed by atoms with van der Waals surface area (Å²) in [7, 11) is 0. The van der Waals surface area contributed by atoms with E-state index in [2.05, 4.69) is 0 Å². The highest BCUT2D eigenvalue weighted by atomic mass is 16.5. The number of aliphatic hydroxyl groups is 6. The summed E-state index contributed by atoms with van der Waals surface area (Å²) in [6.07, 6.45) is -3.42. The van der Waals surface area contributed by atoms with Gasteiger partial charge in [0.15, 0.2) is 0 Å². The van der Waals surface area contributed by atoms with Crippen molar-refractivity contribution in [1.29, 1.82) is 0 Å². The smallest absolute Gasteiger partial charge is 0.124 e. The third kappa shape index (κ3) is 4.09. The number of rotatable bonds is 7. The fourth-order valence-corrected chi connectivity index (χ4v) is 2.41. The molecule has 0 aliphatic carbocycles. The van der Waals surface area contributed by atoms with Crippen LogP contribution in [0, 0.1) is 0 Å². The van der Waals surface area contributed by atoms with Gasteiger partial charge in [-0.25, -0.2) is 0 Å². The molecule has 0 aromatic heterocycles. The Morgan fingerprint density at radius 2 is 1.89 bits per heavy atom. The van der Waals surface area contributed by atoms with Crippen LogP contribution < -0.4 is 0 Å². The fraction of sp³-hybridized carbons (Fsp3) is 1.00. The van der Waals surface area contributed by atoms with Crippen LogP contribution in [0.5, 0.6) is 0 Å². The number of hydrogen-bond donors (Lipinski definition) is 6. The zero-order chi connectivity index (χ0) is 14.5. The lowest BCUT2D eigenvalue weighted by Gasteiger charge is -2.45. The molecule has 0 spiro atoms. The van der Waals surface area contributed by atoms with Crippen LogP contribution in [0.15, 0.2) is 0 Å². The van der Waals surface area contributed by atoms with Crippen LogP contribution in [0.25, 0.3) is 0 Å². The lowest BCUT2D eigenvalue weighted by atomic mass is 9.80. The summed E-state index contributed by atoms with van der Waals surface area (Å²) in [6.45, 7) is -0.653. The second-order valence-electron chi connectivity index (χ2n) is 5.09. The molecule has 0 saturated carbocycles. The van der Waals surface area contributed by atoms with Crippen molar-refractivity contribution < 1.29 is 35.4 Å². The van der Waals surface area contributed by atoms with Gasteiger partial charge in [-0.1, -0.05) is 0 Å². The molecule has 1 aliphatic heterocycles. The predicted octanol–water partition coefficient (Wildman–Crippen LogP) is -2.26. The minimum Gasteiger partial charge on any atom is -0.396 e. The molecule has 5 atom stereocenters. The maximum atomic E-state index is 10.4. The number of hydrogen-bond acceptors (Lipinski definition) is 7. The van der Waals surface area contributed by atoms with E-state index in [0.717, 1.165) is 0 Å². The Labute approximate surface area is 112 Å². The summed E-state index contributed by atoms with van der Waals surface area (Å²) in [6, 6.07) is 0. The zero-order valence-corrected chi connectivity index (χ0v) is 10.9. The van der Waals surface area contributed by atoms with Crippen LogP contribution >= 0.6 is 0 Å². The highest BCUT2D eigenvalue weighted by Gasteiger charge is 2.51. The zero-order valence-electron chi connectivity index (χ0n) is 10.9. The number of aliphatic hydroxyl groups excluding tert-OH is 5. The van der Waals surface area contributed by atoms with Crippen molar-refractivity contribution in [2.75, 3.05) is 19.8 Å². The Kier molecular flexibility index (Phi) is 6.61. The van der Waals surface area contributed by atoms with Gasteiger partial charge in [-0.3, -0.25) is 0 Å². The largest absolute Gasteiger partial charge is 0.396 e. The molecule has 1 unspecified atom stereocenters. The van der Waals surface area contributed by atoms with Crippen LogP contribution in [0.3, 0.4) is 0 Å². The maximum absolute atomic E-state index is 10.4. The monoisotopic (exact) mass is 280 g/mol. The molecule has 1 rings (SSSR count). The van der Waals surface area contributed by atoms with Gasteiger partial charge in [0.2, 0.25) is 0 Å². The minimum absolute atomic E-state index is 0.0285. The van der Waals surface area contributed by atoms with Gasteiger partial charge < -0.3 is 35.4 Å². The summed E-state index contributed by atoms with van der Waals surface area (Å²) in [5, 5.41) is 57.4. The molecule has 19 heavy (non-hydrogen) atoms. The molecule has 7 nitrogen and oxygen atoms in total. The molecule has 0 aromatic carbocycles. The molecule has 1 heterocycles. The first-order valence-electron chi connectivity index (χ1n) is 6.55. The maximum Gasteiger partial charge on any atom is 0.124 e. The number of unbranched alkanes of at least 4 members (excludes halogenated alkanes) is 1. The van der Waals surface area contributed by atoms with Crippen LogP contribution in [-0.4, -0.2) is 80.5 Å². The van der Waals surface area contributed by atoms with Gasteiger partial charge in [0.1, 0.15) is 23.9 Å². The lowest BCUT2D eigenvalue weighted by molar-refractivity contribution is -0.257. The second-order valence-corrected chi connectivity index (χ2v) is 5.09. The van der Waals surface area contributed by atoms with Crippen molar-refractivity contribution in [3.05, 3.63) is 0 Å². The first-order chi connectivity index (χ1) is 8.95. The van der Waals surface area contributed by atoms with Gasteiger partial charge in [0, 0.05) is 13.0 Å². The van der Waals surface area contributed by atoms with E-state index in [4.69, 9.17) is 14.9 Å². The van der Waals surface area contributed by atoms with Crippen molar-refractivity contribution >= 4 is 0 Å². The van der Waals surface area contributed by atoms with Crippen LogP contribution in [0.4, 0.5) is 0 Å². The summed E-state index contributed by atoms with van der Waals surface area (Å²) in [5.74, 6) is 0. The van der Waals surface area contributed by atoms with E-state index < -0.39 is 36.6 Å². The summed E-state index contributed by atoms with van der Waals surface area (Å²) in [4.78, 5) is 0. The van der Waals surface area contributed by atoms with Gasteiger partial charge in [0.05, 0.1) is 19.3 Å². The summed E-state index contributed by atoms with van der Waals surface area (Å²) < 4.78 is 5.09. The fourth-order valence-electron chi connectivity index (χ4n) is 2.41. The SMILES string of the molecule is OCCCCC(O)C[C@@]1(O)[C@H](O)[C@@H](O)CO[C@@H]1CO. The average molecular weight is 280 g/mol. The highest BCUT2D eigenvalue weighted by molar-refractivity contribution is 5.01. The number of ether oxygens (including phenoxy) is 1. The highest BCUT2D eigenvalue weighted by Crippen LogP contribution is 2.31. The van der Waals surface area contributed by atoms with Crippen molar-refractivity contribution in [3.8, 4) is 0 Å². The van der Waals surface area contributed by atoms with E-state index >= 15 is 0 Å². The Morgan fingerprint density at radius 3 is 2.47 bits per heavy atom. The molecule has 1 fully saturated rings. The molecule has 114 valence electrons. The Hall–Kier alpha value is -0.280. The molecule has 1 saturated heterocycles. The quantitative estimate of drug-likeness (QED) is 0.290. The molecule has 0 bridgehead atoms. The Bertz CT molecular complexity index is 258. The normalized spacial score (nSPS) is 37.3. The van der Waals surface area contributed by atoms with Gasteiger partial charge in [-0.2, -0.15) is 0 Å². The molecule has 0 aromatic rings. The molecule has 1 aliphatic rings. The van der Waals surface area contributed by atoms with Gasteiger partial charge in [-0.15, -0.1) is 0 Å². The molecule has 0 amide bonds. The molecule has 0 radical (unpaired) electrons. The first-order valence-corrected chi connectivity index (χ1v) is 6.55. The van der Waals surface area contributed by atoms with Crippen molar-refractivity contribution in [3.63, 3.8) is 0 Å². The van der Waals surface area contributed by atoms with E-state index in [1.807, 2.05) is 0 Å². The third-order valence-corrected chi connectivity index (χ3v) is 3.58. The van der Waals surface area contributed by atoms with Gasteiger partial charge in [-0.05, 0) is 19.3 Å².